The zero-order valence-electron chi connectivity index (χ0n) is 19.5. The van der Waals surface area contributed by atoms with E-state index in [0.717, 1.165) is 42.8 Å². The highest BCUT2D eigenvalue weighted by atomic mass is 32.2. The molecule has 0 unspecified atom stereocenters. The van der Waals surface area contributed by atoms with Crippen LogP contribution in [0.25, 0.3) is 21.1 Å². The maximum atomic E-state index is 5.93. The minimum absolute atomic E-state index is 0.589. The molecule has 0 bridgehead atoms. The van der Waals surface area contributed by atoms with Crippen LogP contribution in [0.3, 0.4) is 0 Å². The van der Waals surface area contributed by atoms with Gasteiger partial charge < -0.3 is 9.32 Å². The number of hydrogen-bond donors (Lipinski definition) is 1. The van der Waals surface area contributed by atoms with Crippen molar-refractivity contribution in [1.82, 2.24) is 14.0 Å². The highest BCUT2D eigenvalue weighted by Crippen LogP contribution is 2.32. The van der Waals surface area contributed by atoms with Crippen molar-refractivity contribution in [3.05, 3.63) is 54.6 Å². The monoisotopic (exact) mass is 492 g/mol. The number of hydrogen-bond acceptors (Lipinski definition) is 7. The van der Waals surface area contributed by atoms with Crippen LogP contribution in [0.2, 0.25) is 0 Å². The summed E-state index contributed by atoms with van der Waals surface area (Å²) < 4.78 is 15.6. The summed E-state index contributed by atoms with van der Waals surface area (Å²) in [6.07, 6.45) is 6.54. The van der Waals surface area contributed by atoms with Gasteiger partial charge in [-0.15, -0.1) is 0 Å². The largest absolute Gasteiger partial charge is 0.449 e. The van der Waals surface area contributed by atoms with Crippen LogP contribution < -0.4 is 9.62 Å². The van der Waals surface area contributed by atoms with Crippen molar-refractivity contribution in [2.45, 2.75) is 43.2 Å². The van der Waals surface area contributed by atoms with E-state index in [4.69, 9.17) is 8.79 Å². The number of nitrogens with one attached hydrogen (secondary N) is 1. The van der Waals surface area contributed by atoms with Gasteiger partial charge in [0.25, 0.3) is 0 Å². The van der Waals surface area contributed by atoms with Gasteiger partial charge in [-0.25, -0.2) is 0 Å². The van der Waals surface area contributed by atoms with Gasteiger partial charge in [0, 0.05) is 43.0 Å². The predicted octanol–water partition coefficient (Wildman–Crippen LogP) is 6.41. The Kier molecular flexibility index (Phi) is 6.78. The van der Waals surface area contributed by atoms with Crippen LogP contribution in [0, 0.1) is 5.92 Å². The highest BCUT2D eigenvalue weighted by molar-refractivity contribution is 7.97. The molecule has 6 rings (SSSR count). The molecule has 1 aliphatic heterocycles. The van der Waals surface area contributed by atoms with Gasteiger partial charge in [-0.1, -0.05) is 30.3 Å². The molecule has 2 aromatic carbocycles. The number of furan rings is 1. The first-order valence-electron chi connectivity index (χ1n) is 12.5. The van der Waals surface area contributed by atoms with Gasteiger partial charge in [-0.2, -0.15) is 4.37 Å². The van der Waals surface area contributed by atoms with Crippen molar-refractivity contribution in [2.24, 2.45) is 5.92 Å². The maximum absolute atomic E-state index is 5.93. The first-order valence-corrected chi connectivity index (χ1v) is 14.1. The summed E-state index contributed by atoms with van der Waals surface area (Å²) in [4.78, 5) is 5.14. The zero-order valence-corrected chi connectivity index (χ0v) is 21.1. The minimum atomic E-state index is 0.589. The standard InChI is InChI=1S/C27H32N4OS2/c1-3-7-24-21(5-1)19-26(32-24)34-28-22-11-9-20(10-12-22)13-14-30-15-17-31(18-16-30)27-23-6-2-4-8-25(23)33-29-27/h1-8,19-20,22,28H,9-18H2. The molecule has 2 aliphatic rings. The average molecular weight is 493 g/mol. The Hall–Kier alpha value is -2.06. The first-order chi connectivity index (χ1) is 16.8. The van der Waals surface area contributed by atoms with Crippen molar-refractivity contribution in [1.29, 1.82) is 0 Å². The number of benzene rings is 2. The van der Waals surface area contributed by atoms with Crippen molar-refractivity contribution < 1.29 is 4.42 Å². The third-order valence-electron chi connectivity index (χ3n) is 7.46. The van der Waals surface area contributed by atoms with Crippen LogP contribution in [0.4, 0.5) is 5.82 Å². The van der Waals surface area contributed by atoms with Crippen LogP contribution in [0.1, 0.15) is 32.1 Å². The second-order valence-corrected chi connectivity index (χ2v) is 11.3. The molecule has 1 saturated heterocycles. The average Bonchev–Trinajstić information content (AvgIpc) is 3.51. The lowest BCUT2D eigenvalue weighted by molar-refractivity contribution is 0.215. The summed E-state index contributed by atoms with van der Waals surface area (Å²) in [5, 5.41) is 3.45. The topological polar surface area (TPSA) is 44.5 Å². The quantitative estimate of drug-likeness (QED) is 0.301. The van der Waals surface area contributed by atoms with E-state index < -0.39 is 0 Å². The fraction of sp³-hybridized carbons (Fsp3) is 0.444. The molecule has 0 atom stereocenters. The Morgan fingerprint density at radius 3 is 2.62 bits per heavy atom. The Bertz CT molecular complexity index is 1190. The third kappa shape index (κ3) is 4.98. The number of para-hydroxylation sites is 1. The lowest BCUT2D eigenvalue weighted by atomic mass is 9.84. The van der Waals surface area contributed by atoms with E-state index in [2.05, 4.69) is 57.0 Å². The van der Waals surface area contributed by atoms with Crippen LogP contribution in [-0.2, 0) is 0 Å². The fourth-order valence-corrected chi connectivity index (χ4v) is 7.00. The third-order valence-corrected chi connectivity index (χ3v) is 9.13. The lowest BCUT2D eigenvalue weighted by Gasteiger charge is -2.36. The maximum Gasteiger partial charge on any atom is 0.176 e. The van der Waals surface area contributed by atoms with E-state index in [0.29, 0.717) is 6.04 Å². The summed E-state index contributed by atoms with van der Waals surface area (Å²) in [5.41, 5.74) is 0.969. The number of nitrogens with zero attached hydrogens (tertiary/aromatic N) is 3. The zero-order chi connectivity index (χ0) is 22.7. The number of piperazine rings is 1. The molecule has 1 saturated carbocycles. The van der Waals surface area contributed by atoms with Gasteiger partial charge in [-0.05, 0) is 92.3 Å². The summed E-state index contributed by atoms with van der Waals surface area (Å²) in [7, 11) is 0. The second kappa shape index (κ2) is 10.3. The fourth-order valence-electron chi connectivity index (χ4n) is 5.37. The molecule has 3 heterocycles. The number of rotatable bonds is 7. The molecule has 7 heteroatoms. The van der Waals surface area contributed by atoms with Crippen molar-refractivity contribution >= 4 is 50.4 Å². The molecular formula is C27H32N4OS2. The van der Waals surface area contributed by atoms with Gasteiger partial charge in [0.2, 0.25) is 0 Å². The Balaban J connectivity index is 0.911. The molecular weight excluding hydrogens is 460 g/mol. The lowest BCUT2D eigenvalue weighted by Crippen LogP contribution is -2.47. The number of aromatic nitrogens is 1. The normalized spacial score (nSPS) is 22.1. The van der Waals surface area contributed by atoms with E-state index in [1.54, 1.807) is 23.5 Å². The molecule has 2 aromatic heterocycles. The molecule has 0 spiro atoms. The summed E-state index contributed by atoms with van der Waals surface area (Å²) in [6, 6.07) is 19.6. The second-order valence-electron chi connectivity index (χ2n) is 9.66. The summed E-state index contributed by atoms with van der Waals surface area (Å²) >= 11 is 3.28. The predicted molar refractivity (Wildman–Crippen MR) is 144 cm³/mol. The number of fused-ring (bicyclic) bond motifs is 2. The van der Waals surface area contributed by atoms with E-state index in [1.165, 1.54) is 59.9 Å². The van der Waals surface area contributed by atoms with E-state index in [9.17, 15) is 0 Å². The molecule has 178 valence electrons. The van der Waals surface area contributed by atoms with Crippen LogP contribution in [0.15, 0.2) is 64.1 Å². The highest BCUT2D eigenvalue weighted by Gasteiger charge is 2.24. The first kappa shape index (κ1) is 22.4. The van der Waals surface area contributed by atoms with Gasteiger partial charge in [0.15, 0.2) is 5.09 Å². The number of anilines is 1. The molecule has 0 amide bonds. The molecule has 5 nitrogen and oxygen atoms in total. The Labute approximate surface area is 209 Å². The van der Waals surface area contributed by atoms with Crippen molar-refractivity contribution in [2.75, 3.05) is 37.6 Å². The molecule has 34 heavy (non-hydrogen) atoms. The molecule has 1 aliphatic carbocycles. The summed E-state index contributed by atoms with van der Waals surface area (Å²) in [5.74, 6) is 2.06. The Morgan fingerprint density at radius 2 is 1.76 bits per heavy atom. The Morgan fingerprint density at radius 1 is 0.971 bits per heavy atom. The van der Waals surface area contributed by atoms with Crippen LogP contribution in [0.5, 0.6) is 0 Å². The molecule has 2 fully saturated rings. The van der Waals surface area contributed by atoms with Crippen LogP contribution in [-0.4, -0.2) is 48.0 Å². The van der Waals surface area contributed by atoms with Crippen LogP contribution >= 0.6 is 23.5 Å². The molecule has 0 radical (unpaired) electrons. The smallest absolute Gasteiger partial charge is 0.176 e. The van der Waals surface area contributed by atoms with Gasteiger partial charge in [0.1, 0.15) is 11.4 Å². The van der Waals surface area contributed by atoms with Crippen molar-refractivity contribution in [3.63, 3.8) is 0 Å². The minimum Gasteiger partial charge on any atom is -0.449 e. The van der Waals surface area contributed by atoms with Gasteiger partial charge in [0.05, 0.1) is 4.70 Å². The van der Waals surface area contributed by atoms with Gasteiger partial charge in [-0.3, -0.25) is 9.62 Å². The van der Waals surface area contributed by atoms with E-state index >= 15 is 0 Å². The van der Waals surface area contributed by atoms with Gasteiger partial charge >= 0.3 is 0 Å². The summed E-state index contributed by atoms with van der Waals surface area (Å²) in [6.45, 7) is 5.71. The SMILES string of the molecule is c1ccc2oc(SNC3CCC(CCN4CCN(c5nsc6ccccc56)CC4)CC3)cc2c1. The van der Waals surface area contributed by atoms with E-state index in [-0.39, 0.29) is 0 Å². The molecule has 4 aromatic rings. The van der Waals surface area contributed by atoms with Crippen molar-refractivity contribution in [3.8, 4) is 0 Å². The van der Waals surface area contributed by atoms with E-state index in [1.807, 2.05) is 12.1 Å². The molecule has 1 N–H and O–H groups in total.